The summed E-state index contributed by atoms with van der Waals surface area (Å²) in [5, 5.41) is 15.3. The molecule has 0 aromatic carbocycles. The molecule has 2 saturated carbocycles. The standard InChI is InChI=1S/C13H19ClN2O/c1-7-13(14)11(16(2)15-7)6-12(17)10-4-8-3-9(8)5-10/h8-10,12,17H,3-6H2,1-2H3. The maximum atomic E-state index is 10.3. The van der Waals surface area contributed by atoms with Gasteiger partial charge in [0, 0.05) is 13.5 Å². The lowest BCUT2D eigenvalue weighted by Gasteiger charge is -2.19. The molecule has 0 saturated heterocycles. The summed E-state index contributed by atoms with van der Waals surface area (Å²) in [5.74, 6) is 2.31. The Morgan fingerprint density at radius 1 is 1.41 bits per heavy atom. The molecule has 17 heavy (non-hydrogen) atoms. The molecule has 94 valence electrons. The van der Waals surface area contributed by atoms with Crippen molar-refractivity contribution >= 4 is 11.6 Å². The summed E-state index contributed by atoms with van der Waals surface area (Å²) >= 11 is 6.21. The predicted octanol–water partition coefficient (Wildman–Crippen LogP) is 2.33. The van der Waals surface area contributed by atoms with E-state index < -0.39 is 0 Å². The Morgan fingerprint density at radius 3 is 2.59 bits per heavy atom. The van der Waals surface area contributed by atoms with Gasteiger partial charge in [-0.2, -0.15) is 5.10 Å². The molecule has 3 unspecified atom stereocenters. The van der Waals surface area contributed by atoms with E-state index in [4.69, 9.17) is 11.6 Å². The SMILES string of the molecule is Cc1nn(C)c(CC(O)C2CC3CC3C2)c1Cl. The molecular formula is C13H19ClN2O. The minimum atomic E-state index is -0.255. The van der Waals surface area contributed by atoms with Crippen LogP contribution in [-0.2, 0) is 13.5 Å². The summed E-state index contributed by atoms with van der Waals surface area (Å²) in [6.45, 7) is 1.91. The highest BCUT2D eigenvalue weighted by Gasteiger charge is 2.47. The van der Waals surface area contributed by atoms with E-state index in [1.54, 1.807) is 4.68 Å². The van der Waals surface area contributed by atoms with Crippen LogP contribution in [0.25, 0.3) is 0 Å². The van der Waals surface area contributed by atoms with Crippen molar-refractivity contribution in [1.82, 2.24) is 9.78 Å². The van der Waals surface area contributed by atoms with Crippen LogP contribution in [0.15, 0.2) is 0 Å². The first kappa shape index (κ1) is 11.5. The van der Waals surface area contributed by atoms with Crippen LogP contribution in [-0.4, -0.2) is 21.0 Å². The molecule has 4 heteroatoms. The van der Waals surface area contributed by atoms with Gasteiger partial charge in [0.15, 0.2) is 0 Å². The highest BCUT2D eigenvalue weighted by atomic mass is 35.5. The second-order valence-electron chi connectivity index (χ2n) is 5.73. The van der Waals surface area contributed by atoms with Gasteiger partial charge in [-0.05, 0) is 43.9 Å². The monoisotopic (exact) mass is 254 g/mol. The van der Waals surface area contributed by atoms with Crippen molar-refractivity contribution in [3.63, 3.8) is 0 Å². The Kier molecular flexibility index (Phi) is 2.71. The molecule has 2 fully saturated rings. The molecule has 1 aromatic heterocycles. The first-order valence-corrected chi connectivity index (χ1v) is 6.80. The largest absolute Gasteiger partial charge is 0.392 e. The van der Waals surface area contributed by atoms with Gasteiger partial charge in [0.05, 0.1) is 22.5 Å². The van der Waals surface area contributed by atoms with Crippen LogP contribution in [0.4, 0.5) is 0 Å². The Morgan fingerprint density at radius 2 is 2.06 bits per heavy atom. The molecule has 0 amide bonds. The summed E-state index contributed by atoms with van der Waals surface area (Å²) < 4.78 is 1.80. The molecule has 0 bridgehead atoms. The Balaban J connectivity index is 1.69. The molecule has 3 atom stereocenters. The van der Waals surface area contributed by atoms with Gasteiger partial charge in [0.2, 0.25) is 0 Å². The Labute approximate surface area is 107 Å². The molecule has 3 nitrogen and oxygen atoms in total. The second kappa shape index (κ2) is 3.99. The molecular weight excluding hydrogens is 236 g/mol. The van der Waals surface area contributed by atoms with E-state index in [0.717, 1.165) is 28.2 Å². The summed E-state index contributed by atoms with van der Waals surface area (Å²) in [6.07, 6.45) is 4.20. The van der Waals surface area contributed by atoms with Gasteiger partial charge in [-0.15, -0.1) is 0 Å². The van der Waals surface area contributed by atoms with Crippen molar-refractivity contribution in [1.29, 1.82) is 0 Å². The van der Waals surface area contributed by atoms with Gasteiger partial charge in [-0.3, -0.25) is 4.68 Å². The molecule has 3 rings (SSSR count). The number of aliphatic hydroxyl groups is 1. The lowest BCUT2D eigenvalue weighted by molar-refractivity contribution is 0.102. The number of aliphatic hydroxyl groups excluding tert-OH is 1. The van der Waals surface area contributed by atoms with E-state index in [2.05, 4.69) is 5.10 Å². The molecule has 0 spiro atoms. The smallest absolute Gasteiger partial charge is 0.0847 e. The van der Waals surface area contributed by atoms with E-state index >= 15 is 0 Å². The maximum Gasteiger partial charge on any atom is 0.0847 e. The first-order chi connectivity index (χ1) is 8.06. The highest BCUT2D eigenvalue weighted by molar-refractivity contribution is 6.31. The minimum absolute atomic E-state index is 0.255. The molecule has 1 aromatic rings. The van der Waals surface area contributed by atoms with Crippen molar-refractivity contribution < 1.29 is 5.11 Å². The quantitative estimate of drug-likeness (QED) is 0.899. The van der Waals surface area contributed by atoms with E-state index in [-0.39, 0.29) is 6.10 Å². The number of hydrogen-bond donors (Lipinski definition) is 1. The van der Waals surface area contributed by atoms with E-state index in [9.17, 15) is 5.11 Å². The molecule has 1 N–H and O–H groups in total. The zero-order chi connectivity index (χ0) is 12.2. The van der Waals surface area contributed by atoms with Gasteiger partial charge in [0.25, 0.3) is 0 Å². The van der Waals surface area contributed by atoms with Crippen molar-refractivity contribution in [3.8, 4) is 0 Å². The summed E-state index contributed by atoms with van der Waals surface area (Å²) in [6, 6.07) is 0. The zero-order valence-corrected chi connectivity index (χ0v) is 11.1. The fourth-order valence-corrected chi connectivity index (χ4v) is 3.58. The van der Waals surface area contributed by atoms with Crippen LogP contribution in [0.2, 0.25) is 5.02 Å². The number of halogens is 1. The number of aryl methyl sites for hydroxylation is 2. The van der Waals surface area contributed by atoms with Crippen LogP contribution < -0.4 is 0 Å². The normalized spacial score (nSPS) is 32.6. The van der Waals surface area contributed by atoms with Crippen LogP contribution >= 0.6 is 11.6 Å². The maximum absolute atomic E-state index is 10.3. The average molecular weight is 255 g/mol. The molecule has 0 radical (unpaired) electrons. The first-order valence-electron chi connectivity index (χ1n) is 6.42. The lowest BCUT2D eigenvalue weighted by atomic mass is 9.93. The third-order valence-electron chi connectivity index (χ3n) is 4.49. The van der Waals surface area contributed by atoms with Gasteiger partial charge >= 0.3 is 0 Å². The van der Waals surface area contributed by atoms with Crippen molar-refractivity contribution in [3.05, 3.63) is 16.4 Å². The Bertz CT molecular complexity index is 433. The third-order valence-corrected chi connectivity index (χ3v) is 4.98. The zero-order valence-electron chi connectivity index (χ0n) is 10.4. The number of hydrogen-bond acceptors (Lipinski definition) is 2. The van der Waals surface area contributed by atoms with Crippen molar-refractivity contribution in [2.24, 2.45) is 24.8 Å². The topological polar surface area (TPSA) is 38.0 Å². The van der Waals surface area contributed by atoms with Crippen molar-refractivity contribution in [2.75, 3.05) is 0 Å². The fraction of sp³-hybridized carbons (Fsp3) is 0.769. The average Bonchev–Trinajstić information content (AvgIpc) is 2.83. The highest BCUT2D eigenvalue weighted by Crippen LogP contribution is 2.55. The molecule has 2 aliphatic rings. The second-order valence-corrected chi connectivity index (χ2v) is 6.11. The van der Waals surface area contributed by atoms with Crippen molar-refractivity contribution in [2.45, 2.75) is 38.7 Å². The van der Waals surface area contributed by atoms with Crippen LogP contribution in [0.3, 0.4) is 0 Å². The third kappa shape index (κ3) is 2.00. The molecule has 0 aliphatic heterocycles. The van der Waals surface area contributed by atoms with Crippen LogP contribution in [0.5, 0.6) is 0 Å². The number of fused-ring (bicyclic) bond motifs is 1. The summed E-state index contributed by atoms with van der Waals surface area (Å²) in [4.78, 5) is 0. The van der Waals surface area contributed by atoms with Gasteiger partial charge in [-0.1, -0.05) is 11.6 Å². The van der Waals surface area contributed by atoms with Crippen LogP contribution in [0, 0.1) is 24.7 Å². The summed E-state index contributed by atoms with van der Waals surface area (Å²) in [7, 11) is 1.90. The molecule has 1 heterocycles. The van der Waals surface area contributed by atoms with E-state index in [0.29, 0.717) is 12.3 Å². The van der Waals surface area contributed by atoms with Crippen LogP contribution in [0.1, 0.15) is 30.7 Å². The fourth-order valence-electron chi connectivity index (χ4n) is 3.34. The van der Waals surface area contributed by atoms with Gasteiger partial charge in [0.1, 0.15) is 0 Å². The van der Waals surface area contributed by atoms with E-state index in [1.807, 2.05) is 14.0 Å². The summed E-state index contributed by atoms with van der Waals surface area (Å²) in [5.41, 5.74) is 1.82. The minimum Gasteiger partial charge on any atom is -0.392 e. The van der Waals surface area contributed by atoms with E-state index in [1.165, 1.54) is 19.3 Å². The molecule has 2 aliphatic carbocycles. The Hall–Kier alpha value is -0.540. The number of rotatable bonds is 3. The van der Waals surface area contributed by atoms with Gasteiger partial charge < -0.3 is 5.11 Å². The van der Waals surface area contributed by atoms with Gasteiger partial charge in [-0.25, -0.2) is 0 Å². The predicted molar refractivity (Wildman–Crippen MR) is 67.0 cm³/mol. The number of nitrogens with zero attached hydrogens (tertiary/aromatic N) is 2. The lowest BCUT2D eigenvalue weighted by Crippen LogP contribution is -2.23. The number of aromatic nitrogens is 2.